The lowest BCUT2D eigenvalue weighted by Gasteiger charge is -2.13. The maximum atomic E-state index is 11.1. The normalized spacial score (nSPS) is 10.1. The first-order valence-electron chi connectivity index (χ1n) is 7.27. The Bertz CT molecular complexity index is 815. The Labute approximate surface area is 152 Å². The highest BCUT2D eigenvalue weighted by Gasteiger charge is 2.21. The van der Waals surface area contributed by atoms with Gasteiger partial charge in [0.15, 0.2) is 23.0 Å². The lowest BCUT2D eigenvalue weighted by molar-refractivity contribution is -0.385. The van der Waals surface area contributed by atoms with Crippen LogP contribution in [0, 0.1) is 20.2 Å². The Hall–Kier alpha value is -3.96. The maximum absolute atomic E-state index is 11.1. The fourth-order valence-electron chi connectivity index (χ4n) is 2.15. The largest absolute Gasteiger partial charge is 0.490 e. The van der Waals surface area contributed by atoms with Crippen molar-refractivity contribution < 1.29 is 28.8 Å². The minimum atomic E-state index is -0.656. The molecule has 4 N–H and O–H groups in total. The third-order valence-electron chi connectivity index (χ3n) is 3.44. The number of hydrogen-bond acceptors (Lipinski definition) is 10. The zero-order valence-corrected chi connectivity index (χ0v) is 14.3. The molecule has 0 aliphatic carbocycles. The molecule has 0 spiro atoms. The number of nitro benzene ring substituents is 2. The van der Waals surface area contributed by atoms with Gasteiger partial charge in [-0.15, -0.1) is 0 Å². The van der Waals surface area contributed by atoms with E-state index >= 15 is 0 Å². The van der Waals surface area contributed by atoms with Gasteiger partial charge < -0.3 is 30.4 Å². The Morgan fingerprint density at radius 1 is 0.778 bits per heavy atom. The van der Waals surface area contributed by atoms with Gasteiger partial charge in [0, 0.05) is 12.1 Å². The lowest BCUT2D eigenvalue weighted by Crippen LogP contribution is -2.09. The summed E-state index contributed by atoms with van der Waals surface area (Å²) in [7, 11) is 2.54. The third-order valence-corrected chi connectivity index (χ3v) is 3.44. The molecule has 0 atom stereocenters. The SMILES string of the molecule is COc1cc(N)c(OCOc2cc([N+](=O)[O-])c(OC)cc2N)cc1[N+](=O)[O-]. The molecule has 12 nitrogen and oxygen atoms in total. The molecule has 0 aliphatic heterocycles. The zero-order valence-electron chi connectivity index (χ0n) is 14.3. The molecule has 2 aromatic rings. The number of nitrogens with two attached hydrogens (primary N) is 2. The Morgan fingerprint density at radius 2 is 1.15 bits per heavy atom. The van der Waals surface area contributed by atoms with Crippen molar-refractivity contribution in [2.45, 2.75) is 0 Å². The molecule has 0 unspecified atom stereocenters. The van der Waals surface area contributed by atoms with Gasteiger partial charge in [-0.25, -0.2) is 0 Å². The van der Waals surface area contributed by atoms with E-state index in [-0.39, 0.29) is 45.7 Å². The van der Waals surface area contributed by atoms with E-state index in [4.69, 9.17) is 30.4 Å². The number of nitrogen functional groups attached to an aromatic ring is 2. The smallest absolute Gasteiger partial charge is 0.314 e. The van der Waals surface area contributed by atoms with E-state index in [9.17, 15) is 20.2 Å². The van der Waals surface area contributed by atoms with Crippen molar-refractivity contribution >= 4 is 22.7 Å². The summed E-state index contributed by atoms with van der Waals surface area (Å²) in [4.78, 5) is 20.8. The number of anilines is 2. The van der Waals surface area contributed by atoms with Crippen LogP contribution in [0.2, 0.25) is 0 Å². The fourth-order valence-corrected chi connectivity index (χ4v) is 2.15. The van der Waals surface area contributed by atoms with Crippen LogP contribution in [-0.4, -0.2) is 30.9 Å². The molecule has 2 rings (SSSR count). The van der Waals surface area contributed by atoms with E-state index in [0.29, 0.717) is 0 Å². The third kappa shape index (κ3) is 4.18. The number of hydrogen-bond donors (Lipinski definition) is 2. The van der Waals surface area contributed by atoms with Gasteiger partial charge in [-0.2, -0.15) is 0 Å². The average molecular weight is 380 g/mol. The Kier molecular flexibility index (Phi) is 5.70. The van der Waals surface area contributed by atoms with Gasteiger partial charge in [-0.1, -0.05) is 0 Å². The van der Waals surface area contributed by atoms with Crippen LogP contribution in [0.4, 0.5) is 22.7 Å². The van der Waals surface area contributed by atoms with Crippen molar-refractivity contribution in [3.63, 3.8) is 0 Å². The van der Waals surface area contributed by atoms with Crippen molar-refractivity contribution in [2.75, 3.05) is 32.5 Å². The molecule has 2 aromatic carbocycles. The van der Waals surface area contributed by atoms with Gasteiger partial charge in [-0.3, -0.25) is 20.2 Å². The predicted octanol–water partition coefficient (Wildman–Crippen LogP) is 2.10. The quantitative estimate of drug-likeness (QED) is 0.298. The number of nitro groups is 2. The van der Waals surface area contributed by atoms with E-state index in [1.807, 2.05) is 0 Å². The van der Waals surface area contributed by atoms with Crippen LogP contribution in [0.15, 0.2) is 24.3 Å². The van der Waals surface area contributed by atoms with E-state index in [1.165, 1.54) is 26.4 Å². The number of ether oxygens (including phenoxy) is 4. The topological polar surface area (TPSA) is 175 Å². The van der Waals surface area contributed by atoms with Crippen LogP contribution in [-0.2, 0) is 0 Å². The molecule has 0 heterocycles. The van der Waals surface area contributed by atoms with Crippen LogP contribution in [0.25, 0.3) is 0 Å². The van der Waals surface area contributed by atoms with Crippen LogP contribution in [0.5, 0.6) is 23.0 Å². The first-order valence-corrected chi connectivity index (χ1v) is 7.27. The van der Waals surface area contributed by atoms with Gasteiger partial charge >= 0.3 is 11.4 Å². The highest BCUT2D eigenvalue weighted by molar-refractivity contribution is 5.65. The molecule has 0 bridgehead atoms. The Balaban J connectivity index is 2.19. The van der Waals surface area contributed by atoms with Gasteiger partial charge in [0.1, 0.15) is 0 Å². The van der Waals surface area contributed by atoms with Crippen LogP contribution < -0.4 is 30.4 Å². The van der Waals surface area contributed by atoms with Gasteiger partial charge in [0.05, 0.1) is 47.6 Å². The minimum absolute atomic E-state index is 0.0240. The summed E-state index contributed by atoms with van der Waals surface area (Å²) in [5.41, 5.74) is 11.0. The molecule has 12 heteroatoms. The Morgan fingerprint density at radius 3 is 1.44 bits per heavy atom. The van der Waals surface area contributed by atoms with Crippen molar-refractivity contribution in [2.24, 2.45) is 0 Å². The number of benzene rings is 2. The molecular weight excluding hydrogens is 364 g/mol. The molecule has 0 saturated carbocycles. The summed E-state index contributed by atoms with van der Waals surface area (Å²) in [6, 6.07) is 4.63. The summed E-state index contributed by atoms with van der Waals surface area (Å²) in [5, 5.41) is 22.1. The molecule has 27 heavy (non-hydrogen) atoms. The monoisotopic (exact) mass is 380 g/mol. The molecular formula is C15H16N4O8. The van der Waals surface area contributed by atoms with Crippen molar-refractivity contribution in [3.05, 3.63) is 44.5 Å². The second-order valence-electron chi connectivity index (χ2n) is 5.04. The van der Waals surface area contributed by atoms with Crippen LogP contribution >= 0.6 is 0 Å². The van der Waals surface area contributed by atoms with E-state index in [0.717, 1.165) is 12.1 Å². The van der Waals surface area contributed by atoms with Crippen LogP contribution in [0.3, 0.4) is 0 Å². The fraction of sp³-hybridized carbons (Fsp3) is 0.200. The van der Waals surface area contributed by atoms with E-state index < -0.39 is 16.6 Å². The molecule has 144 valence electrons. The number of nitrogens with zero attached hydrogens (tertiary/aromatic N) is 2. The molecule has 0 fully saturated rings. The standard InChI is InChI=1S/C15H16N4O8/c1-24-14-3-8(16)12(5-10(14)18(20)21)26-7-27-13-6-11(19(22)23)15(25-2)4-9(13)17/h3-6H,7,16-17H2,1-2H3. The van der Waals surface area contributed by atoms with Gasteiger partial charge in [-0.05, 0) is 0 Å². The second kappa shape index (κ2) is 7.95. The molecule has 0 saturated heterocycles. The van der Waals surface area contributed by atoms with E-state index in [2.05, 4.69) is 0 Å². The second-order valence-corrected chi connectivity index (χ2v) is 5.04. The highest BCUT2D eigenvalue weighted by Crippen LogP contribution is 2.37. The number of rotatable bonds is 8. The zero-order chi connectivity index (χ0) is 20.1. The van der Waals surface area contributed by atoms with Crippen molar-refractivity contribution in [1.29, 1.82) is 0 Å². The summed E-state index contributed by atoms with van der Waals surface area (Å²) >= 11 is 0. The summed E-state index contributed by atoms with van der Waals surface area (Å²) in [6.45, 7) is -0.457. The summed E-state index contributed by atoms with van der Waals surface area (Å²) in [6.07, 6.45) is 0. The van der Waals surface area contributed by atoms with Gasteiger partial charge in [0.2, 0.25) is 6.79 Å². The summed E-state index contributed by atoms with van der Waals surface area (Å²) < 4.78 is 20.3. The molecule has 0 amide bonds. The number of methoxy groups -OCH3 is 2. The summed E-state index contributed by atoms with van der Waals surface area (Å²) in [5.74, 6) is -0.102. The van der Waals surface area contributed by atoms with E-state index in [1.54, 1.807) is 0 Å². The molecule has 0 aliphatic rings. The van der Waals surface area contributed by atoms with Crippen molar-refractivity contribution in [3.8, 4) is 23.0 Å². The van der Waals surface area contributed by atoms with Crippen LogP contribution in [0.1, 0.15) is 0 Å². The van der Waals surface area contributed by atoms with Crippen molar-refractivity contribution in [1.82, 2.24) is 0 Å². The molecule has 0 radical (unpaired) electrons. The maximum Gasteiger partial charge on any atom is 0.314 e. The molecule has 0 aromatic heterocycles. The lowest BCUT2D eigenvalue weighted by atomic mass is 10.2. The highest BCUT2D eigenvalue weighted by atomic mass is 16.7. The van der Waals surface area contributed by atoms with Gasteiger partial charge in [0.25, 0.3) is 0 Å². The first-order chi connectivity index (χ1) is 12.8. The minimum Gasteiger partial charge on any atom is -0.490 e. The average Bonchev–Trinajstić information content (AvgIpc) is 2.62. The first kappa shape index (κ1) is 19.4. The predicted molar refractivity (Wildman–Crippen MR) is 94.2 cm³/mol.